The fraction of sp³-hybridized carbons (Fsp3) is 0.394. The van der Waals surface area contributed by atoms with E-state index >= 15 is 0 Å². The molecule has 0 bridgehead atoms. The van der Waals surface area contributed by atoms with Crippen LogP contribution < -0.4 is 14.4 Å². The number of rotatable bonds is 15. The third kappa shape index (κ3) is 9.62. The molecule has 9 heteroatoms. The Labute approximate surface area is 250 Å². The number of hydrogen-bond acceptors (Lipinski definition) is 5. The molecular weight excluding hydrogens is 550 g/mol. The number of ether oxygens (including phenoxy) is 1. The Hall–Kier alpha value is -3.85. The molecule has 3 rings (SSSR count). The Bertz CT molecular complexity index is 1410. The van der Waals surface area contributed by atoms with Crippen molar-refractivity contribution in [3.05, 3.63) is 95.6 Å². The summed E-state index contributed by atoms with van der Waals surface area (Å²) in [6.45, 7) is 6.94. The molecule has 8 nitrogen and oxygen atoms in total. The van der Waals surface area contributed by atoms with E-state index in [2.05, 4.69) is 5.32 Å². The Balaban J connectivity index is 1.88. The first kappa shape index (κ1) is 32.7. The number of aryl methyl sites for hydroxylation is 1. The van der Waals surface area contributed by atoms with Crippen LogP contribution in [0.4, 0.5) is 5.69 Å². The van der Waals surface area contributed by atoms with Gasteiger partial charge < -0.3 is 15.0 Å². The van der Waals surface area contributed by atoms with Crippen molar-refractivity contribution in [3.8, 4) is 5.75 Å². The molecule has 2 amide bonds. The molecule has 3 aromatic carbocycles. The molecule has 0 saturated carbocycles. The molecular formula is C33H43N3O5S. The van der Waals surface area contributed by atoms with E-state index in [1.54, 1.807) is 36.3 Å². The first-order valence-electron chi connectivity index (χ1n) is 14.3. The lowest BCUT2D eigenvalue weighted by Gasteiger charge is -2.32. The average Bonchev–Trinajstić information content (AvgIpc) is 2.96. The van der Waals surface area contributed by atoms with Crippen LogP contribution in [0, 0.1) is 12.8 Å². The summed E-state index contributed by atoms with van der Waals surface area (Å²) in [5.41, 5.74) is 3.43. The number of benzene rings is 3. The van der Waals surface area contributed by atoms with Crippen molar-refractivity contribution in [1.29, 1.82) is 0 Å². The molecule has 226 valence electrons. The van der Waals surface area contributed by atoms with E-state index in [0.29, 0.717) is 24.4 Å². The van der Waals surface area contributed by atoms with Crippen LogP contribution in [0.25, 0.3) is 0 Å². The average molecular weight is 594 g/mol. The van der Waals surface area contributed by atoms with E-state index in [9.17, 15) is 18.0 Å². The molecule has 0 radical (unpaired) electrons. The van der Waals surface area contributed by atoms with E-state index in [0.717, 1.165) is 22.9 Å². The van der Waals surface area contributed by atoms with Crippen LogP contribution in [0.2, 0.25) is 0 Å². The van der Waals surface area contributed by atoms with Crippen LogP contribution in [0.15, 0.2) is 78.9 Å². The highest BCUT2D eigenvalue weighted by atomic mass is 32.2. The maximum atomic E-state index is 13.9. The van der Waals surface area contributed by atoms with Gasteiger partial charge in [0.1, 0.15) is 11.8 Å². The lowest BCUT2D eigenvalue weighted by molar-refractivity contribution is -0.141. The quantitative estimate of drug-likeness (QED) is 0.269. The van der Waals surface area contributed by atoms with Gasteiger partial charge in [-0.15, -0.1) is 0 Å². The third-order valence-electron chi connectivity index (χ3n) is 7.07. The van der Waals surface area contributed by atoms with Gasteiger partial charge in [0.2, 0.25) is 21.8 Å². The highest BCUT2D eigenvalue weighted by Gasteiger charge is 2.31. The highest BCUT2D eigenvalue weighted by Crippen LogP contribution is 2.23. The van der Waals surface area contributed by atoms with Gasteiger partial charge in [0.15, 0.2) is 0 Å². The zero-order valence-electron chi connectivity index (χ0n) is 25.2. The van der Waals surface area contributed by atoms with Gasteiger partial charge in [-0.25, -0.2) is 8.42 Å². The van der Waals surface area contributed by atoms with Crippen molar-refractivity contribution in [2.24, 2.45) is 5.92 Å². The molecule has 0 fully saturated rings. The van der Waals surface area contributed by atoms with Crippen LogP contribution in [-0.4, -0.2) is 57.6 Å². The minimum Gasteiger partial charge on any atom is -0.497 e. The van der Waals surface area contributed by atoms with Crippen LogP contribution in [0.5, 0.6) is 5.75 Å². The number of nitrogens with zero attached hydrogens (tertiary/aromatic N) is 2. The number of amides is 2. The van der Waals surface area contributed by atoms with E-state index in [1.807, 2.05) is 75.4 Å². The summed E-state index contributed by atoms with van der Waals surface area (Å²) in [6.07, 6.45) is 1.88. The number of anilines is 1. The predicted octanol–water partition coefficient (Wildman–Crippen LogP) is 4.96. The van der Waals surface area contributed by atoms with E-state index in [-0.39, 0.29) is 43.7 Å². The minimum absolute atomic E-state index is 0.0802. The van der Waals surface area contributed by atoms with Crippen molar-refractivity contribution in [3.63, 3.8) is 0 Å². The highest BCUT2D eigenvalue weighted by molar-refractivity contribution is 7.92. The summed E-state index contributed by atoms with van der Waals surface area (Å²) in [5.74, 6) is 0.466. The molecule has 0 aromatic heterocycles. The maximum absolute atomic E-state index is 13.9. The Kier molecular flexibility index (Phi) is 12.0. The molecule has 0 aliphatic carbocycles. The molecule has 1 N–H and O–H groups in total. The first-order valence-corrected chi connectivity index (χ1v) is 16.1. The van der Waals surface area contributed by atoms with E-state index < -0.39 is 16.1 Å². The van der Waals surface area contributed by atoms with Gasteiger partial charge in [0.25, 0.3) is 0 Å². The molecule has 3 aromatic rings. The first-order chi connectivity index (χ1) is 20.0. The van der Waals surface area contributed by atoms with Crippen molar-refractivity contribution >= 4 is 27.5 Å². The van der Waals surface area contributed by atoms with Gasteiger partial charge in [-0.2, -0.15) is 0 Å². The second-order valence-electron chi connectivity index (χ2n) is 10.9. The summed E-state index contributed by atoms with van der Waals surface area (Å²) in [7, 11) is -2.04. The number of sulfonamides is 1. The molecule has 1 atom stereocenters. The van der Waals surface area contributed by atoms with Gasteiger partial charge >= 0.3 is 0 Å². The molecule has 0 spiro atoms. The summed E-state index contributed by atoms with van der Waals surface area (Å²) in [6, 6.07) is 23.5. The standard InChI is InChI=1S/C33H43N3O5S/c1-25(2)23-34-33(38)31(22-27-13-7-6-8-14-27)35(24-28-15-10-9-12-26(28)3)32(37)16-11-21-36(42(5,39)40)29-17-19-30(41-4)20-18-29/h6-10,12-15,17-20,25,31H,11,16,21-24H2,1-5H3,(H,34,38)/t31-/m0/s1. The van der Waals surface area contributed by atoms with E-state index in [1.165, 1.54) is 4.31 Å². The molecule has 0 saturated heterocycles. The second kappa shape index (κ2) is 15.4. The maximum Gasteiger partial charge on any atom is 0.243 e. The van der Waals surface area contributed by atoms with Gasteiger partial charge in [-0.3, -0.25) is 13.9 Å². The Morgan fingerprint density at radius 2 is 1.57 bits per heavy atom. The Morgan fingerprint density at radius 3 is 2.17 bits per heavy atom. The van der Waals surface area contributed by atoms with Crippen LogP contribution in [-0.2, 0) is 32.6 Å². The topological polar surface area (TPSA) is 96.0 Å². The van der Waals surface area contributed by atoms with E-state index in [4.69, 9.17) is 4.74 Å². The fourth-order valence-corrected chi connectivity index (χ4v) is 5.67. The summed E-state index contributed by atoms with van der Waals surface area (Å²) < 4.78 is 31.8. The fourth-order valence-electron chi connectivity index (χ4n) is 4.70. The normalized spacial score (nSPS) is 12.0. The lowest BCUT2D eigenvalue weighted by Crippen LogP contribution is -2.51. The zero-order chi connectivity index (χ0) is 30.7. The molecule has 0 unspecified atom stereocenters. The number of carbonyl (C=O) groups is 2. The zero-order valence-corrected chi connectivity index (χ0v) is 26.1. The summed E-state index contributed by atoms with van der Waals surface area (Å²) >= 11 is 0. The predicted molar refractivity (Wildman–Crippen MR) is 168 cm³/mol. The minimum atomic E-state index is -3.59. The lowest BCUT2D eigenvalue weighted by atomic mass is 10.0. The summed E-state index contributed by atoms with van der Waals surface area (Å²) in [4.78, 5) is 29.2. The van der Waals surface area contributed by atoms with Crippen molar-refractivity contribution in [1.82, 2.24) is 10.2 Å². The number of hydrogen-bond donors (Lipinski definition) is 1. The molecule has 42 heavy (non-hydrogen) atoms. The largest absolute Gasteiger partial charge is 0.497 e. The summed E-state index contributed by atoms with van der Waals surface area (Å²) in [5, 5.41) is 3.03. The molecule has 0 aliphatic heterocycles. The van der Waals surface area contributed by atoms with Crippen LogP contribution >= 0.6 is 0 Å². The Morgan fingerprint density at radius 1 is 0.929 bits per heavy atom. The van der Waals surface area contributed by atoms with Crippen molar-refractivity contribution in [2.45, 2.75) is 52.6 Å². The van der Waals surface area contributed by atoms with Gasteiger partial charge in [0.05, 0.1) is 19.1 Å². The SMILES string of the molecule is COc1ccc(N(CCCC(=O)N(Cc2ccccc2C)[C@@H](Cc2ccccc2)C(=O)NCC(C)C)S(C)(=O)=O)cc1. The smallest absolute Gasteiger partial charge is 0.243 e. The van der Waals surface area contributed by atoms with Crippen LogP contribution in [0.3, 0.4) is 0 Å². The second-order valence-corrected chi connectivity index (χ2v) is 12.8. The van der Waals surface area contributed by atoms with Crippen molar-refractivity contribution in [2.75, 3.05) is 30.8 Å². The monoisotopic (exact) mass is 593 g/mol. The molecule has 0 aliphatic rings. The van der Waals surface area contributed by atoms with Gasteiger partial charge in [0, 0.05) is 32.5 Å². The number of nitrogens with one attached hydrogen (secondary N) is 1. The van der Waals surface area contributed by atoms with Gasteiger partial charge in [-0.05, 0) is 60.2 Å². The number of carbonyl (C=O) groups excluding carboxylic acids is 2. The number of methoxy groups -OCH3 is 1. The van der Waals surface area contributed by atoms with Crippen LogP contribution in [0.1, 0.15) is 43.4 Å². The third-order valence-corrected chi connectivity index (χ3v) is 8.26. The molecule has 0 heterocycles. The van der Waals surface area contributed by atoms with Crippen molar-refractivity contribution < 1.29 is 22.7 Å². The van der Waals surface area contributed by atoms with Gasteiger partial charge in [-0.1, -0.05) is 68.4 Å².